The number of para-hydroxylation sites is 2. The first-order chi connectivity index (χ1) is 18.3. The van der Waals surface area contributed by atoms with E-state index in [0.29, 0.717) is 28.2 Å². The number of carbonyl (C=O) groups is 3. The summed E-state index contributed by atoms with van der Waals surface area (Å²) in [5, 5.41) is 5.72. The number of nitrogens with zero attached hydrogens (tertiary/aromatic N) is 1. The summed E-state index contributed by atoms with van der Waals surface area (Å²) >= 11 is 0. The summed E-state index contributed by atoms with van der Waals surface area (Å²) in [7, 11) is 0. The van der Waals surface area contributed by atoms with E-state index in [1.165, 1.54) is 4.90 Å². The molecule has 1 heterocycles. The quantitative estimate of drug-likeness (QED) is 0.333. The van der Waals surface area contributed by atoms with Gasteiger partial charge in [0.15, 0.2) is 5.54 Å². The smallest absolute Gasteiger partial charge is 0.320 e. The molecule has 7 nitrogen and oxygen atoms in total. The third kappa shape index (κ3) is 4.28. The fraction of sp³-hybridized carbons (Fsp3) is 0.129. The lowest BCUT2D eigenvalue weighted by Crippen LogP contribution is -2.59. The molecule has 0 saturated heterocycles. The lowest BCUT2D eigenvalue weighted by molar-refractivity contribution is -0.130. The Labute approximate surface area is 221 Å². The average molecular weight is 505 g/mol. The first-order valence-corrected chi connectivity index (χ1v) is 12.3. The van der Waals surface area contributed by atoms with Crippen LogP contribution in [0, 0.1) is 13.8 Å². The number of rotatable bonds is 6. The molecule has 4 N–H and O–H groups in total. The van der Waals surface area contributed by atoms with E-state index in [1.54, 1.807) is 42.5 Å². The van der Waals surface area contributed by atoms with Crippen molar-refractivity contribution in [3.05, 3.63) is 125 Å². The zero-order valence-corrected chi connectivity index (χ0v) is 21.1. The van der Waals surface area contributed by atoms with Gasteiger partial charge in [-0.25, -0.2) is 4.79 Å². The second-order valence-electron chi connectivity index (χ2n) is 9.49. The molecule has 2 unspecified atom stereocenters. The van der Waals surface area contributed by atoms with Crippen LogP contribution >= 0.6 is 0 Å². The van der Waals surface area contributed by atoms with Crippen molar-refractivity contribution in [2.75, 3.05) is 10.2 Å². The van der Waals surface area contributed by atoms with Crippen LogP contribution in [0.25, 0.3) is 0 Å². The number of anilines is 3. The van der Waals surface area contributed by atoms with E-state index in [2.05, 4.69) is 10.6 Å². The van der Waals surface area contributed by atoms with E-state index < -0.39 is 29.3 Å². The second kappa shape index (κ2) is 9.86. The maximum atomic E-state index is 14.6. The third-order valence-electron chi connectivity index (χ3n) is 6.87. The van der Waals surface area contributed by atoms with Crippen molar-refractivity contribution in [2.45, 2.75) is 25.3 Å². The minimum atomic E-state index is -1.80. The van der Waals surface area contributed by atoms with Crippen molar-refractivity contribution in [3.63, 3.8) is 0 Å². The van der Waals surface area contributed by atoms with E-state index in [0.717, 1.165) is 11.1 Å². The average Bonchev–Trinajstić information content (AvgIpc) is 3.15. The number of amides is 4. The van der Waals surface area contributed by atoms with Gasteiger partial charge in [0.25, 0.3) is 5.91 Å². The molecular weight excluding hydrogens is 476 g/mol. The summed E-state index contributed by atoms with van der Waals surface area (Å²) in [6.07, 6.45) is 0. The lowest BCUT2D eigenvalue weighted by Gasteiger charge is -2.36. The molecule has 38 heavy (non-hydrogen) atoms. The summed E-state index contributed by atoms with van der Waals surface area (Å²) in [6, 6.07) is 30.2. The Kier molecular flexibility index (Phi) is 6.43. The highest BCUT2D eigenvalue weighted by Crippen LogP contribution is 2.50. The zero-order valence-electron chi connectivity index (χ0n) is 21.1. The monoisotopic (exact) mass is 504 g/mol. The number of carbonyl (C=O) groups excluding carboxylic acids is 3. The molecule has 7 heteroatoms. The molecule has 0 fully saturated rings. The molecule has 5 rings (SSSR count). The Morgan fingerprint density at radius 2 is 1.37 bits per heavy atom. The molecule has 4 aromatic rings. The van der Waals surface area contributed by atoms with Crippen LogP contribution in [-0.4, -0.2) is 17.8 Å². The number of nitrogens with two attached hydrogens (primary N) is 1. The van der Waals surface area contributed by atoms with Crippen molar-refractivity contribution in [2.24, 2.45) is 5.73 Å². The molecule has 0 spiro atoms. The van der Waals surface area contributed by atoms with Crippen molar-refractivity contribution in [1.29, 1.82) is 0 Å². The summed E-state index contributed by atoms with van der Waals surface area (Å²) in [5.41, 5.74) is 9.00. The van der Waals surface area contributed by atoms with Gasteiger partial charge in [-0.05, 0) is 49.7 Å². The molecule has 0 bridgehead atoms. The van der Waals surface area contributed by atoms with Gasteiger partial charge in [-0.1, -0.05) is 83.9 Å². The topological polar surface area (TPSA) is 105 Å². The molecule has 4 aromatic carbocycles. The molecule has 1 aliphatic rings. The Morgan fingerprint density at radius 1 is 0.789 bits per heavy atom. The number of primary amides is 1. The summed E-state index contributed by atoms with van der Waals surface area (Å²) < 4.78 is 0. The number of benzene rings is 4. The van der Waals surface area contributed by atoms with Crippen LogP contribution in [0.4, 0.5) is 21.9 Å². The van der Waals surface area contributed by atoms with Gasteiger partial charge in [-0.2, -0.15) is 0 Å². The summed E-state index contributed by atoms with van der Waals surface area (Å²) in [4.78, 5) is 42.9. The predicted molar refractivity (Wildman–Crippen MR) is 148 cm³/mol. The molecule has 1 aliphatic heterocycles. The van der Waals surface area contributed by atoms with Gasteiger partial charge < -0.3 is 16.4 Å². The van der Waals surface area contributed by atoms with Gasteiger partial charge in [-0.3, -0.25) is 14.5 Å². The highest BCUT2D eigenvalue weighted by atomic mass is 16.2. The highest BCUT2D eigenvalue weighted by molar-refractivity contribution is 6.17. The first kappa shape index (κ1) is 24.8. The standard InChI is InChI=1S/C31H28N4O3/c1-20-12-16-22(17-13-20)27(28(32)36)31(34-30(38)33-23-18-14-21(2)15-19-23)25-10-6-7-11-26(25)35(29(31)37)24-8-4-3-5-9-24/h3-19,27H,1-2H3,(H2,32,36)(H2,33,34,38). The molecule has 190 valence electrons. The Morgan fingerprint density at radius 3 is 2.00 bits per heavy atom. The SMILES string of the molecule is Cc1ccc(NC(=O)NC2(C(C(N)=O)c3ccc(C)cc3)C(=O)N(c3ccccc3)c3ccccc32)cc1. The Balaban J connectivity index is 1.69. The van der Waals surface area contributed by atoms with Gasteiger partial charge in [0, 0.05) is 16.9 Å². The second-order valence-corrected chi connectivity index (χ2v) is 9.49. The van der Waals surface area contributed by atoms with Crippen molar-refractivity contribution in [1.82, 2.24) is 5.32 Å². The largest absolute Gasteiger partial charge is 0.369 e. The summed E-state index contributed by atoms with van der Waals surface area (Å²) in [5.74, 6) is -2.40. The molecule has 2 atom stereocenters. The van der Waals surface area contributed by atoms with Crippen LogP contribution in [0.5, 0.6) is 0 Å². The maximum absolute atomic E-state index is 14.6. The number of aryl methyl sites for hydroxylation is 2. The normalized spacial score (nSPS) is 17.0. The molecule has 0 saturated carbocycles. The van der Waals surface area contributed by atoms with Crippen LogP contribution in [0.15, 0.2) is 103 Å². The maximum Gasteiger partial charge on any atom is 0.320 e. The van der Waals surface area contributed by atoms with Crippen LogP contribution in [-0.2, 0) is 15.1 Å². The van der Waals surface area contributed by atoms with E-state index in [4.69, 9.17) is 5.73 Å². The van der Waals surface area contributed by atoms with E-state index in [9.17, 15) is 14.4 Å². The van der Waals surface area contributed by atoms with Gasteiger partial charge in [-0.15, -0.1) is 0 Å². The van der Waals surface area contributed by atoms with Crippen LogP contribution in [0.2, 0.25) is 0 Å². The van der Waals surface area contributed by atoms with Crippen LogP contribution in [0.3, 0.4) is 0 Å². The number of nitrogens with one attached hydrogen (secondary N) is 2. The zero-order chi connectivity index (χ0) is 26.9. The molecule has 0 aromatic heterocycles. The van der Waals surface area contributed by atoms with E-state index in [1.807, 2.05) is 74.5 Å². The molecular formula is C31H28N4O3. The minimum Gasteiger partial charge on any atom is -0.369 e. The minimum absolute atomic E-state index is 0.478. The number of urea groups is 1. The van der Waals surface area contributed by atoms with Gasteiger partial charge in [0.05, 0.1) is 11.6 Å². The fourth-order valence-corrected chi connectivity index (χ4v) is 5.07. The van der Waals surface area contributed by atoms with Crippen molar-refractivity contribution in [3.8, 4) is 0 Å². The third-order valence-corrected chi connectivity index (χ3v) is 6.87. The number of fused-ring (bicyclic) bond motifs is 1. The van der Waals surface area contributed by atoms with Crippen LogP contribution in [0.1, 0.15) is 28.2 Å². The number of hydrogen-bond donors (Lipinski definition) is 3. The Hall–Kier alpha value is -4.91. The fourth-order valence-electron chi connectivity index (χ4n) is 5.07. The Bertz CT molecular complexity index is 1500. The predicted octanol–water partition coefficient (Wildman–Crippen LogP) is 5.27. The van der Waals surface area contributed by atoms with Crippen LogP contribution < -0.4 is 21.3 Å². The lowest BCUT2D eigenvalue weighted by atomic mass is 9.74. The summed E-state index contributed by atoms with van der Waals surface area (Å²) in [6.45, 7) is 3.88. The van der Waals surface area contributed by atoms with Crippen molar-refractivity contribution >= 4 is 34.9 Å². The van der Waals surface area contributed by atoms with E-state index in [-0.39, 0.29) is 0 Å². The molecule has 4 amide bonds. The van der Waals surface area contributed by atoms with E-state index >= 15 is 0 Å². The van der Waals surface area contributed by atoms with Gasteiger partial charge in [0.1, 0.15) is 0 Å². The molecule has 0 radical (unpaired) electrons. The van der Waals surface area contributed by atoms with Gasteiger partial charge in [0.2, 0.25) is 5.91 Å². The van der Waals surface area contributed by atoms with Crippen molar-refractivity contribution < 1.29 is 14.4 Å². The highest BCUT2D eigenvalue weighted by Gasteiger charge is 2.59. The first-order valence-electron chi connectivity index (χ1n) is 12.3. The van der Waals surface area contributed by atoms with Gasteiger partial charge >= 0.3 is 6.03 Å². The number of hydrogen-bond acceptors (Lipinski definition) is 3. The molecule has 0 aliphatic carbocycles.